The van der Waals surface area contributed by atoms with Crippen molar-refractivity contribution in [2.75, 3.05) is 19.6 Å². The highest BCUT2D eigenvalue weighted by molar-refractivity contribution is 8.01. The van der Waals surface area contributed by atoms with Gasteiger partial charge in [-0.15, -0.1) is 11.8 Å². The molecule has 7 heteroatoms. The van der Waals surface area contributed by atoms with E-state index in [-0.39, 0.29) is 52.6 Å². The first kappa shape index (κ1) is 24.0. The molecule has 6 nitrogen and oxygen atoms in total. The minimum atomic E-state index is -0.321. The SMILES string of the molecule is CCC(C)(CC)NCCCNC(=O)CCN1C(=O)CC(SC(C)(C)C)C1=O. The molecule has 0 spiro atoms. The van der Waals surface area contributed by atoms with Crippen LogP contribution in [0.2, 0.25) is 0 Å². The van der Waals surface area contributed by atoms with Gasteiger partial charge in [0.1, 0.15) is 0 Å². The van der Waals surface area contributed by atoms with Crippen molar-refractivity contribution >= 4 is 29.5 Å². The zero-order chi connectivity index (χ0) is 20.7. The predicted molar refractivity (Wildman–Crippen MR) is 112 cm³/mol. The van der Waals surface area contributed by atoms with Crippen LogP contribution < -0.4 is 10.6 Å². The molecule has 0 saturated carbocycles. The lowest BCUT2D eigenvalue weighted by atomic mass is 9.95. The smallest absolute Gasteiger partial charge is 0.242 e. The Bertz CT molecular complexity index is 527. The van der Waals surface area contributed by atoms with Crippen molar-refractivity contribution < 1.29 is 14.4 Å². The molecule has 1 aliphatic heterocycles. The molecule has 1 aliphatic rings. The molecule has 0 bridgehead atoms. The number of nitrogens with one attached hydrogen (secondary N) is 2. The molecule has 0 radical (unpaired) electrons. The molecule has 3 amide bonds. The number of carbonyl (C=O) groups is 3. The number of thioether (sulfide) groups is 1. The van der Waals surface area contributed by atoms with Gasteiger partial charge in [0.25, 0.3) is 0 Å². The number of nitrogens with zero attached hydrogens (tertiary/aromatic N) is 1. The van der Waals surface area contributed by atoms with Crippen LogP contribution in [0.5, 0.6) is 0 Å². The number of hydrogen-bond donors (Lipinski definition) is 2. The number of hydrogen-bond acceptors (Lipinski definition) is 5. The molecule has 2 N–H and O–H groups in total. The summed E-state index contributed by atoms with van der Waals surface area (Å²) in [4.78, 5) is 37.8. The average Bonchev–Trinajstić information content (AvgIpc) is 2.84. The van der Waals surface area contributed by atoms with Crippen LogP contribution in [0, 0.1) is 0 Å². The van der Waals surface area contributed by atoms with E-state index in [0.29, 0.717) is 6.54 Å². The monoisotopic (exact) mass is 399 g/mol. The minimum absolute atomic E-state index is 0.0757. The third-order valence-electron chi connectivity index (χ3n) is 5.05. The third kappa shape index (κ3) is 8.21. The highest BCUT2D eigenvalue weighted by Crippen LogP contribution is 2.34. The molecule has 1 unspecified atom stereocenters. The summed E-state index contributed by atoms with van der Waals surface area (Å²) in [5.74, 6) is -0.441. The summed E-state index contributed by atoms with van der Waals surface area (Å²) in [7, 11) is 0. The molecule has 1 saturated heterocycles. The van der Waals surface area contributed by atoms with Crippen molar-refractivity contribution in [2.45, 2.75) is 89.2 Å². The molecule has 1 rings (SSSR count). The van der Waals surface area contributed by atoms with Gasteiger partial charge in [-0.25, -0.2) is 0 Å². The van der Waals surface area contributed by atoms with Gasteiger partial charge >= 0.3 is 0 Å². The summed E-state index contributed by atoms with van der Waals surface area (Å²) in [6.07, 6.45) is 3.40. The van der Waals surface area contributed by atoms with Crippen LogP contribution in [0.3, 0.4) is 0 Å². The Labute approximate surface area is 168 Å². The van der Waals surface area contributed by atoms with Gasteiger partial charge in [0.2, 0.25) is 17.7 Å². The lowest BCUT2D eigenvalue weighted by molar-refractivity contribution is -0.138. The molecule has 27 heavy (non-hydrogen) atoms. The van der Waals surface area contributed by atoms with E-state index >= 15 is 0 Å². The van der Waals surface area contributed by atoms with Crippen molar-refractivity contribution in [2.24, 2.45) is 0 Å². The van der Waals surface area contributed by atoms with Gasteiger partial charge in [0.15, 0.2) is 0 Å². The van der Waals surface area contributed by atoms with Crippen LogP contribution in [0.25, 0.3) is 0 Å². The van der Waals surface area contributed by atoms with Crippen molar-refractivity contribution in [3.05, 3.63) is 0 Å². The maximum absolute atomic E-state index is 12.4. The molecule has 156 valence electrons. The van der Waals surface area contributed by atoms with Crippen LogP contribution in [0.4, 0.5) is 0 Å². The van der Waals surface area contributed by atoms with Gasteiger partial charge in [-0.2, -0.15) is 0 Å². The molecule has 1 fully saturated rings. The summed E-state index contributed by atoms with van der Waals surface area (Å²) in [6.45, 7) is 14.3. The van der Waals surface area contributed by atoms with Crippen molar-refractivity contribution in [1.82, 2.24) is 15.5 Å². The van der Waals surface area contributed by atoms with Gasteiger partial charge in [-0.05, 0) is 32.7 Å². The van der Waals surface area contributed by atoms with E-state index in [1.807, 2.05) is 20.8 Å². The lowest BCUT2D eigenvalue weighted by Crippen LogP contribution is -2.42. The second-order valence-electron chi connectivity index (χ2n) is 8.45. The Kier molecular flexibility index (Phi) is 9.28. The van der Waals surface area contributed by atoms with Crippen LogP contribution in [-0.4, -0.2) is 57.8 Å². The topological polar surface area (TPSA) is 78.5 Å². The quantitative estimate of drug-likeness (QED) is 0.413. The second kappa shape index (κ2) is 10.5. The summed E-state index contributed by atoms with van der Waals surface area (Å²) < 4.78 is -0.0757. The van der Waals surface area contributed by atoms with Crippen LogP contribution in [0.1, 0.15) is 73.6 Å². The normalized spacial score (nSPS) is 18.3. The van der Waals surface area contributed by atoms with E-state index in [0.717, 1.165) is 25.8 Å². The van der Waals surface area contributed by atoms with E-state index in [1.165, 1.54) is 16.7 Å². The van der Waals surface area contributed by atoms with E-state index in [2.05, 4.69) is 31.4 Å². The Morgan fingerprint density at radius 3 is 2.33 bits per heavy atom. The molecular formula is C20H37N3O3S. The summed E-state index contributed by atoms with van der Waals surface area (Å²) in [5, 5.41) is 6.08. The van der Waals surface area contributed by atoms with E-state index in [1.54, 1.807) is 0 Å². The number of carbonyl (C=O) groups excluding carboxylic acids is 3. The maximum atomic E-state index is 12.4. The Morgan fingerprint density at radius 2 is 1.78 bits per heavy atom. The zero-order valence-electron chi connectivity index (χ0n) is 17.8. The number of imide groups is 1. The number of amides is 3. The van der Waals surface area contributed by atoms with Crippen molar-refractivity contribution in [3.8, 4) is 0 Å². The molecule has 1 heterocycles. The Morgan fingerprint density at radius 1 is 1.15 bits per heavy atom. The largest absolute Gasteiger partial charge is 0.356 e. The van der Waals surface area contributed by atoms with Crippen LogP contribution in [-0.2, 0) is 14.4 Å². The molecule has 0 aromatic heterocycles. The summed E-state index contributed by atoms with van der Waals surface area (Å²) in [5.41, 5.74) is 0.155. The second-order valence-corrected chi connectivity index (χ2v) is 10.5. The first-order valence-corrected chi connectivity index (χ1v) is 10.9. The fraction of sp³-hybridized carbons (Fsp3) is 0.850. The molecular weight excluding hydrogens is 362 g/mol. The average molecular weight is 400 g/mol. The first-order chi connectivity index (χ1) is 12.5. The first-order valence-electron chi connectivity index (χ1n) is 10.0. The minimum Gasteiger partial charge on any atom is -0.356 e. The summed E-state index contributed by atoms with van der Waals surface area (Å²) >= 11 is 1.52. The fourth-order valence-electron chi connectivity index (χ4n) is 2.91. The Balaban J connectivity index is 2.28. The van der Waals surface area contributed by atoms with Crippen molar-refractivity contribution in [1.29, 1.82) is 0 Å². The summed E-state index contributed by atoms with van der Waals surface area (Å²) in [6, 6.07) is 0. The van der Waals surface area contributed by atoms with Gasteiger partial charge in [0.05, 0.1) is 5.25 Å². The van der Waals surface area contributed by atoms with E-state index in [9.17, 15) is 14.4 Å². The van der Waals surface area contributed by atoms with Gasteiger partial charge in [-0.1, -0.05) is 34.6 Å². The molecule has 0 aromatic rings. The van der Waals surface area contributed by atoms with E-state index in [4.69, 9.17) is 0 Å². The van der Waals surface area contributed by atoms with E-state index < -0.39 is 0 Å². The van der Waals surface area contributed by atoms with Gasteiger partial charge in [0, 0.05) is 36.2 Å². The highest BCUT2D eigenvalue weighted by atomic mass is 32.2. The lowest BCUT2D eigenvalue weighted by Gasteiger charge is -2.28. The number of likely N-dealkylation sites (tertiary alicyclic amines) is 1. The predicted octanol–water partition coefficient (Wildman–Crippen LogP) is 2.71. The standard InChI is InChI=1S/C20H37N3O3S/c1-7-20(6,8-2)22-12-9-11-21-16(24)10-13-23-17(25)14-15(18(23)26)27-19(3,4)5/h15,22H,7-14H2,1-6H3,(H,21,24). The molecule has 0 aromatic carbocycles. The number of rotatable bonds is 11. The third-order valence-corrected chi connectivity index (χ3v) is 6.41. The molecule has 1 atom stereocenters. The Hall–Kier alpha value is -1.08. The van der Waals surface area contributed by atoms with Crippen LogP contribution in [0.15, 0.2) is 0 Å². The zero-order valence-corrected chi connectivity index (χ0v) is 18.6. The van der Waals surface area contributed by atoms with Crippen LogP contribution >= 0.6 is 11.8 Å². The van der Waals surface area contributed by atoms with Gasteiger partial charge in [-0.3, -0.25) is 19.3 Å². The van der Waals surface area contributed by atoms with Gasteiger partial charge < -0.3 is 10.6 Å². The molecule has 0 aliphatic carbocycles. The van der Waals surface area contributed by atoms with Crippen molar-refractivity contribution in [3.63, 3.8) is 0 Å². The maximum Gasteiger partial charge on any atom is 0.242 e. The fourth-order valence-corrected chi connectivity index (χ4v) is 4.22. The highest BCUT2D eigenvalue weighted by Gasteiger charge is 2.40.